The van der Waals surface area contributed by atoms with Crippen LogP contribution in [0.3, 0.4) is 0 Å². The number of hydrogen-bond acceptors (Lipinski definition) is 7. The lowest BCUT2D eigenvalue weighted by molar-refractivity contribution is 0.442. The molecule has 3 rings (SSSR count). The summed E-state index contributed by atoms with van der Waals surface area (Å²) >= 11 is 1.58. The Morgan fingerprint density at radius 2 is 1.27 bits per heavy atom. The van der Waals surface area contributed by atoms with E-state index in [2.05, 4.69) is 9.97 Å². The van der Waals surface area contributed by atoms with Gasteiger partial charge < -0.3 is 15.3 Å². The molecule has 0 bridgehead atoms. The number of phenolic OH excluding ortho intramolecular Hbond substituents is 1. The van der Waals surface area contributed by atoms with Crippen LogP contribution in [0.15, 0.2) is 33.9 Å². The molecule has 2 aromatic heterocycles. The van der Waals surface area contributed by atoms with Gasteiger partial charge in [-0.05, 0) is 17.7 Å². The molecule has 0 fully saturated rings. The van der Waals surface area contributed by atoms with Crippen LogP contribution < -0.4 is 9.75 Å². The van der Waals surface area contributed by atoms with Crippen LogP contribution in [0.25, 0.3) is 0 Å². The number of hydrogen-bond donors (Lipinski definition) is 5. The average Bonchev–Trinajstić information content (AvgIpc) is 2.95. The van der Waals surface area contributed by atoms with E-state index in [1.807, 2.05) is 0 Å². The van der Waals surface area contributed by atoms with Crippen LogP contribution >= 0.6 is 22.7 Å². The number of aromatic nitrogens is 2. The maximum Gasteiger partial charge on any atom is 0.307 e. The molecule has 0 saturated heterocycles. The Morgan fingerprint density at radius 3 is 1.64 bits per heavy atom. The molecule has 7 nitrogen and oxygen atoms in total. The second-order valence-corrected chi connectivity index (χ2v) is 6.51. The van der Waals surface area contributed by atoms with Crippen molar-refractivity contribution in [3.63, 3.8) is 0 Å². The first-order chi connectivity index (χ1) is 10.5. The first-order valence-electron chi connectivity index (χ1n) is 6.08. The molecule has 0 aliphatic heterocycles. The van der Waals surface area contributed by atoms with Crippen molar-refractivity contribution in [1.82, 2.24) is 9.97 Å². The van der Waals surface area contributed by atoms with Gasteiger partial charge in [0.1, 0.15) is 5.75 Å². The van der Waals surface area contributed by atoms with E-state index in [4.69, 9.17) is 0 Å². The lowest BCUT2D eigenvalue weighted by atomic mass is 9.96. The topological polar surface area (TPSA) is 126 Å². The summed E-state index contributed by atoms with van der Waals surface area (Å²) in [5, 5.41) is 29.2. The molecule has 0 spiro atoms. The zero-order chi connectivity index (χ0) is 15.9. The second-order valence-electron chi connectivity index (χ2n) is 4.48. The Kier molecular flexibility index (Phi) is 3.51. The molecule has 0 aliphatic carbocycles. The number of H-pyrrole nitrogens is 2. The van der Waals surface area contributed by atoms with Crippen molar-refractivity contribution in [3.8, 4) is 17.5 Å². The number of nitrogens with one attached hydrogen (secondary N) is 2. The maximum absolute atomic E-state index is 11.5. The number of rotatable bonds is 3. The Bertz CT molecular complexity index is 865. The zero-order valence-corrected chi connectivity index (χ0v) is 12.5. The van der Waals surface area contributed by atoms with E-state index in [-0.39, 0.29) is 27.3 Å². The first kappa shape index (κ1) is 14.4. The van der Waals surface area contributed by atoms with Gasteiger partial charge in [0, 0.05) is 0 Å². The summed E-state index contributed by atoms with van der Waals surface area (Å²) in [6.07, 6.45) is 0. The summed E-state index contributed by atoms with van der Waals surface area (Å²) in [5.74, 6) is -1.27. The monoisotopic (exact) mass is 338 g/mol. The second kappa shape index (κ2) is 5.35. The van der Waals surface area contributed by atoms with Crippen LogP contribution in [-0.2, 0) is 0 Å². The molecular formula is C13H10N2O5S2. The van der Waals surface area contributed by atoms with Crippen molar-refractivity contribution in [2.24, 2.45) is 0 Å². The third kappa shape index (κ3) is 2.51. The van der Waals surface area contributed by atoms with E-state index < -0.39 is 15.7 Å². The van der Waals surface area contributed by atoms with Gasteiger partial charge in [-0.15, -0.1) is 0 Å². The SMILES string of the molecule is O=c1[nH]c(O)c(C(c2ccc(O)cc2)c2sc(=O)[nH]c2O)s1. The molecular weight excluding hydrogens is 328 g/mol. The predicted molar refractivity (Wildman–Crippen MR) is 82.3 cm³/mol. The largest absolute Gasteiger partial charge is 0.508 e. The Morgan fingerprint density at radius 1 is 0.818 bits per heavy atom. The summed E-state index contributed by atoms with van der Waals surface area (Å²) in [4.78, 5) is 27.1. The van der Waals surface area contributed by atoms with Crippen LogP contribution in [-0.4, -0.2) is 25.3 Å². The number of thiazole rings is 2. The molecule has 0 amide bonds. The third-order valence-electron chi connectivity index (χ3n) is 3.06. The maximum atomic E-state index is 11.5. The van der Waals surface area contributed by atoms with Crippen LogP contribution in [0.5, 0.6) is 17.5 Å². The molecule has 0 radical (unpaired) electrons. The van der Waals surface area contributed by atoms with Gasteiger partial charge in [0.15, 0.2) is 0 Å². The molecule has 5 N–H and O–H groups in total. The van der Waals surface area contributed by atoms with E-state index >= 15 is 0 Å². The van der Waals surface area contributed by atoms with Gasteiger partial charge >= 0.3 is 9.75 Å². The minimum Gasteiger partial charge on any atom is -0.508 e. The fourth-order valence-corrected chi connectivity index (χ4v) is 3.95. The lowest BCUT2D eigenvalue weighted by Crippen LogP contribution is -2.00. The van der Waals surface area contributed by atoms with Gasteiger partial charge in [-0.3, -0.25) is 19.6 Å². The molecule has 2 heterocycles. The van der Waals surface area contributed by atoms with Gasteiger partial charge in [-0.2, -0.15) is 0 Å². The Hall–Kier alpha value is -2.52. The van der Waals surface area contributed by atoms with Gasteiger partial charge in [0.25, 0.3) is 0 Å². The zero-order valence-electron chi connectivity index (χ0n) is 10.9. The van der Waals surface area contributed by atoms with Crippen LogP contribution in [0, 0.1) is 0 Å². The summed E-state index contributed by atoms with van der Waals surface area (Å²) in [5.41, 5.74) is 0.605. The third-order valence-corrected chi connectivity index (χ3v) is 4.94. The lowest BCUT2D eigenvalue weighted by Gasteiger charge is -2.14. The molecule has 3 aromatic rings. The van der Waals surface area contributed by atoms with Crippen LogP contribution in [0.2, 0.25) is 0 Å². The quantitative estimate of drug-likeness (QED) is 0.494. The Balaban J connectivity index is 2.24. The van der Waals surface area contributed by atoms with Gasteiger partial charge in [0.05, 0.1) is 15.7 Å². The smallest absolute Gasteiger partial charge is 0.307 e. The van der Waals surface area contributed by atoms with Crippen molar-refractivity contribution in [2.45, 2.75) is 5.92 Å². The highest BCUT2D eigenvalue weighted by molar-refractivity contribution is 7.11. The van der Waals surface area contributed by atoms with Crippen molar-refractivity contribution < 1.29 is 15.3 Å². The van der Waals surface area contributed by atoms with Crippen molar-refractivity contribution in [1.29, 1.82) is 0 Å². The first-order valence-corrected chi connectivity index (χ1v) is 7.72. The number of phenols is 1. The highest BCUT2D eigenvalue weighted by atomic mass is 32.1. The standard InChI is InChI=1S/C13H10N2O5S2/c16-6-3-1-5(2-4-6)7(8-10(17)14-12(19)21-8)9-11(18)15-13(20)22-9/h1-4,7,16-18H,(H,14,19)(H,15,20). The van der Waals surface area contributed by atoms with Gasteiger partial charge in [-0.25, -0.2) is 0 Å². The minimum atomic E-state index is -0.700. The summed E-state index contributed by atoms with van der Waals surface area (Å²) in [6.45, 7) is 0. The molecule has 0 atom stereocenters. The number of aromatic hydroxyl groups is 3. The van der Waals surface area contributed by atoms with Crippen LogP contribution in [0.1, 0.15) is 21.2 Å². The van der Waals surface area contributed by atoms with E-state index in [1.54, 1.807) is 12.1 Å². The fourth-order valence-electron chi connectivity index (χ4n) is 2.14. The summed E-state index contributed by atoms with van der Waals surface area (Å²) < 4.78 is 0. The van der Waals surface area contributed by atoms with E-state index in [0.717, 1.165) is 22.7 Å². The highest BCUT2D eigenvalue weighted by Gasteiger charge is 2.28. The number of benzene rings is 1. The highest BCUT2D eigenvalue weighted by Crippen LogP contribution is 2.41. The van der Waals surface area contributed by atoms with Crippen molar-refractivity contribution in [2.75, 3.05) is 0 Å². The van der Waals surface area contributed by atoms with Gasteiger partial charge in [0.2, 0.25) is 11.8 Å². The average molecular weight is 338 g/mol. The van der Waals surface area contributed by atoms with E-state index in [0.29, 0.717) is 5.56 Å². The normalized spacial score (nSPS) is 11.1. The molecule has 0 saturated carbocycles. The predicted octanol–water partition coefficient (Wildman–Crippen LogP) is 1.48. The minimum absolute atomic E-state index is 0.0560. The molecule has 9 heteroatoms. The molecule has 22 heavy (non-hydrogen) atoms. The van der Waals surface area contributed by atoms with Crippen molar-refractivity contribution in [3.05, 3.63) is 58.9 Å². The molecule has 0 aliphatic rings. The summed E-state index contributed by atoms with van der Waals surface area (Å²) in [7, 11) is 0. The molecule has 114 valence electrons. The van der Waals surface area contributed by atoms with Crippen molar-refractivity contribution >= 4 is 22.7 Å². The van der Waals surface area contributed by atoms with E-state index in [1.165, 1.54) is 12.1 Å². The fraction of sp³-hybridized carbons (Fsp3) is 0.0769. The number of aromatic amines is 2. The summed E-state index contributed by atoms with van der Waals surface area (Å²) in [6, 6.07) is 6.07. The molecule has 1 aromatic carbocycles. The van der Waals surface area contributed by atoms with Gasteiger partial charge in [-0.1, -0.05) is 34.8 Å². The molecule has 0 unspecified atom stereocenters. The van der Waals surface area contributed by atoms with Crippen LogP contribution in [0.4, 0.5) is 0 Å². The van der Waals surface area contributed by atoms with E-state index in [9.17, 15) is 24.9 Å². The Labute approximate surface area is 130 Å².